The van der Waals surface area contributed by atoms with Crippen molar-refractivity contribution in [1.82, 2.24) is 15.5 Å². The summed E-state index contributed by atoms with van der Waals surface area (Å²) in [6.07, 6.45) is 2.66. The minimum atomic E-state index is -0.0652. The molecule has 2 amide bonds. The third-order valence-electron chi connectivity index (χ3n) is 2.78. The van der Waals surface area contributed by atoms with Gasteiger partial charge in [-0.2, -0.15) is 0 Å². The van der Waals surface area contributed by atoms with E-state index in [2.05, 4.69) is 22.5 Å². The molecule has 0 unspecified atom stereocenters. The summed E-state index contributed by atoms with van der Waals surface area (Å²) in [6.45, 7) is 3.86. The number of carbonyl (C=O) groups excluding carboxylic acids is 2. The maximum Gasteiger partial charge on any atom is 0.229 e. The lowest BCUT2D eigenvalue weighted by Gasteiger charge is -2.25. The number of hydrogen-bond acceptors (Lipinski definition) is 3. The van der Waals surface area contributed by atoms with Crippen LogP contribution in [0.2, 0.25) is 0 Å². The van der Waals surface area contributed by atoms with Gasteiger partial charge in [-0.05, 0) is 12.8 Å². The molecule has 1 heterocycles. The number of imide groups is 1. The van der Waals surface area contributed by atoms with E-state index < -0.39 is 0 Å². The van der Waals surface area contributed by atoms with Crippen LogP contribution in [0.25, 0.3) is 0 Å². The van der Waals surface area contributed by atoms with Crippen molar-refractivity contribution in [3.63, 3.8) is 0 Å². The van der Waals surface area contributed by atoms with Crippen LogP contribution >= 0.6 is 24.0 Å². The van der Waals surface area contributed by atoms with Crippen molar-refractivity contribution in [2.24, 2.45) is 4.99 Å². The molecule has 110 valence electrons. The van der Waals surface area contributed by atoms with E-state index in [1.54, 1.807) is 7.05 Å². The Hall–Kier alpha value is -0.860. The number of rotatable bonds is 5. The van der Waals surface area contributed by atoms with Crippen LogP contribution in [-0.4, -0.2) is 49.4 Å². The molecule has 1 aliphatic rings. The zero-order valence-corrected chi connectivity index (χ0v) is 13.9. The molecule has 0 aromatic carbocycles. The number of halogens is 1. The average Bonchev–Trinajstić information content (AvgIpc) is 2.36. The fraction of sp³-hybridized carbons (Fsp3) is 0.750. The molecule has 0 bridgehead atoms. The molecular weight excluding hydrogens is 359 g/mol. The largest absolute Gasteiger partial charge is 0.356 e. The number of carbonyl (C=O) groups is 2. The molecule has 0 atom stereocenters. The molecular formula is C12H23IN4O2. The Morgan fingerprint density at radius 3 is 2.32 bits per heavy atom. The number of aliphatic imine (C=N–C) groups is 1. The third kappa shape index (κ3) is 6.22. The molecule has 19 heavy (non-hydrogen) atoms. The van der Waals surface area contributed by atoms with Crippen molar-refractivity contribution in [1.29, 1.82) is 0 Å². The SMILES string of the molecule is CCCNC(=NC)NCCN1C(=O)CCCC1=O.I. The molecule has 1 saturated heterocycles. The summed E-state index contributed by atoms with van der Waals surface area (Å²) < 4.78 is 0. The van der Waals surface area contributed by atoms with Gasteiger partial charge >= 0.3 is 0 Å². The maximum atomic E-state index is 11.6. The van der Waals surface area contributed by atoms with Crippen LogP contribution in [0.5, 0.6) is 0 Å². The predicted molar refractivity (Wildman–Crippen MR) is 85.6 cm³/mol. The van der Waals surface area contributed by atoms with E-state index in [4.69, 9.17) is 0 Å². The van der Waals surface area contributed by atoms with Gasteiger partial charge in [0.05, 0.1) is 0 Å². The van der Waals surface area contributed by atoms with Crippen molar-refractivity contribution in [2.45, 2.75) is 32.6 Å². The van der Waals surface area contributed by atoms with E-state index in [9.17, 15) is 9.59 Å². The van der Waals surface area contributed by atoms with Crippen LogP contribution in [-0.2, 0) is 9.59 Å². The van der Waals surface area contributed by atoms with E-state index in [0.717, 1.165) is 13.0 Å². The summed E-state index contributed by atoms with van der Waals surface area (Å²) >= 11 is 0. The topological polar surface area (TPSA) is 73.8 Å². The zero-order chi connectivity index (χ0) is 13.4. The number of hydrogen-bond donors (Lipinski definition) is 2. The highest BCUT2D eigenvalue weighted by molar-refractivity contribution is 14.0. The van der Waals surface area contributed by atoms with E-state index >= 15 is 0 Å². The highest BCUT2D eigenvalue weighted by Crippen LogP contribution is 2.11. The van der Waals surface area contributed by atoms with Gasteiger partial charge < -0.3 is 10.6 Å². The van der Waals surface area contributed by atoms with Crippen molar-refractivity contribution < 1.29 is 9.59 Å². The van der Waals surface area contributed by atoms with E-state index in [-0.39, 0.29) is 35.8 Å². The third-order valence-corrected chi connectivity index (χ3v) is 2.78. The first-order valence-corrected chi connectivity index (χ1v) is 6.46. The lowest BCUT2D eigenvalue weighted by atomic mass is 10.1. The fourth-order valence-corrected chi connectivity index (χ4v) is 1.80. The predicted octanol–water partition coefficient (Wildman–Crippen LogP) is 0.718. The second-order valence-corrected chi connectivity index (χ2v) is 4.22. The molecule has 6 nitrogen and oxygen atoms in total. The number of nitrogens with zero attached hydrogens (tertiary/aromatic N) is 2. The van der Waals surface area contributed by atoms with Gasteiger partial charge in [-0.1, -0.05) is 6.92 Å². The Morgan fingerprint density at radius 2 is 1.79 bits per heavy atom. The van der Waals surface area contributed by atoms with Crippen LogP contribution in [0.3, 0.4) is 0 Å². The van der Waals surface area contributed by atoms with Crippen LogP contribution < -0.4 is 10.6 Å². The second kappa shape index (κ2) is 9.99. The van der Waals surface area contributed by atoms with Gasteiger partial charge in [-0.25, -0.2) is 0 Å². The van der Waals surface area contributed by atoms with E-state index in [1.807, 2.05) is 0 Å². The highest BCUT2D eigenvalue weighted by Gasteiger charge is 2.25. The molecule has 1 fully saturated rings. The Kier molecular flexibility index (Phi) is 9.54. The molecule has 1 rings (SSSR count). The Bertz CT molecular complexity index is 318. The summed E-state index contributed by atoms with van der Waals surface area (Å²) in [4.78, 5) is 28.5. The number of guanidine groups is 1. The van der Waals surface area contributed by atoms with Crippen LogP contribution in [0.1, 0.15) is 32.6 Å². The van der Waals surface area contributed by atoms with Gasteiger partial charge in [0.2, 0.25) is 11.8 Å². The summed E-state index contributed by atoms with van der Waals surface area (Å²) in [5.74, 6) is 0.572. The number of amides is 2. The van der Waals surface area contributed by atoms with Gasteiger partial charge in [-0.15, -0.1) is 24.0 Å². The fourth-order valence-electron chi connectivity index (χ4n) is 1.80. The first-order chi connectivity index (χ1) is 8.69. The smallest absolute Gasteiger partial charge is 0.229 e. The van der Waals surface area contributed by atoms with Crippen LogP contribution in [0.4, 0.5) is 0 Å². The number of nitrogens with one attached hydrogen (secondary N) is 2. The molecule has 1 aliphatic heterocycles. The van der Waals surface area contributed by atoms with Gasteiger partial charge in [-0.3, -0.25) is 19.5 Å². The van der Waals surface area contributed by atoms with E-state index in [1.165, 1.54) is 4.90 Å². The summed E-state index contributed by atoms with van der Waals surface area (Å²) in [6, 6.07) is 0. The molecule has 0 aromatic rings. The molecule has 2 N–H and O–H groups in total. The quantitative estimate of drug-likeness (QED) is 0.318. The van der Waals surface area contributed by atoms with Gasteiger partial charge in [0.25, 0.3) is 0 Å². The van der Waals surface area contributed by atoms with Crippen molar-refractivity contribution in [3.05, 3.63) is 0 Å². The average molecular weight is 382 g/mol. The lowest BCUT2D eigenvalue weighted by molar-refractivity contribution is -0.147. The van der Waals surface area contributed by atoms with Crippen LogP contribution in [0, 0.1) is 0 Å². The molecule has 0 spiro atoms. The van der Waals surface area contributed by atoms with Crippen LogP contribution in [0.15, 0.2) is 4.99 Å². The monoisotopic (exact) mass is 382 g/mol. The Balaban J connectivity index is 0.00000324. The standard InChI is InChI=1S/C12H22N4O2.HI/c1-3-7-14-12(13-2)15-8-9-16-10(17)5-4-6-11(16)18;/h3-9H2,1-2H3,(H2,13,14,15);1H. The Labute approximate surface area is 131 Å². The van der Waals surface area contributed by atoms with Crippen molar-refractivity contribution in [3.8, 4) is 0 Å². The first-order valence-electron chi connectivity index (χ1n) is 6.46. The highest BCUT2D eigenvalue weighted by atomic mass is 127. The molecule has 0 saturated carbocycles. The van der Waals surface area contributed by atoms with Gasteiger partial charge in [0.15, 0.2) is 5.96 Å². The van der Waals surface area contributed by atoms with Gasteiger partial charge in [0, 0.05) is 39.5 Å². The Morgan fingerprint density at radius 1 is 1.21 bits per heavy atom. The first kappa shape index (κ1) is 18.1. The maximum absolute atomic E-state index is 11.6. The number of likely N-dealkylation sites (tertiary alicyclic amines) is 1. The van der Waals surface area contributed by atoms with Crippen molar-refractivity contribution >= 4 is 41.8 Å². The minimum Gasteiger partial charge on any atom is -0.356 e. The second-order valence-electron chi connectivity index (χ2n) is 4.22. The number of piperidine rings is 1. The minimum absolute atomic E-state index is 0. The van der Waals surface area contributed by atoms with E-state index in [0.29, 0.717) is 38.3 Å². The lowest BCUT2D eigenvalue weighted by Crippen LogP contribution is -2.46. The zero-order valence-electron chi connectivity index (χ0n) is 11.6. The molecule has 7 heteroatoms. The summed E-state index contributed by atoms with van der Waals surface area (Å²) in [5, 5.41) is 6.22. The molecule has 0 aliphatic carbocycles. The normalized spacial score (nSPS) is 16.1. The molecule has 0 radical (unpaired) electrons. The summed E-state index contributed by atoms with van der Waals surface area (Å²) in [7, 11) is 1.70. The molecule has 0 aromatic heterocycles. The van der Waals surface area contributed by atoms with Gasteiger partial charge in [0.1, 0.15) is 0 Å². The van der Waals surface area contributed by atoms with Crippen molar-refractivity contribution in [2.75, 3.05) is 26.7 Å². The summed E-state index contributed by atoms with van der Waals surface area (Å²) in [5.41, 5.74) is 0.